The molecule has 0 spiro atoms. The number of sulfonamides is 1. The molecule has 0 bridgehead atoms. The van der Waals surface area contributed by atoms with Gasteiger partial charge in [-0.2, -0.15) is 0 Å². The van der Waals surface area contributed by atoms with Crippen LogP contribution in [0.4, 0.5) is 0 Å². The van der Waals surface area contributed by atoms with Crippen LogP contribution in [0.2, 0.25) is 0 Å². The van der Waals surface area contributed by atoms with Gasteiger partial charge in [-0.15, -0.1) is 0 Å². The van der Waals surface area contributed by atoms with Crippen LogP contribution in [0, 0.1) is 5.41 Å². The predicted molar refractivity (Wildman–Crippen MR) is 249 cm³/mol. The number of carbonyl (C=O) groups is 4. The number of methoxy groups -OCH3 is 1. The van der Waals surface area contributed by atoms with Crippen LogP contribution in [0.25, 0.3) is 0 Å². The predicted octanol–water partition coefficient (Wildman–Crippen LogP) is 3.83. The number of hydrogen-bond acceptors (Lipinski definition) is 10. The standard InChI is InChI=1S/C47H70N8O8S/c1-46(2,62-5)25-28-63-47(3,4)24-27-52-42(57)23-22-41(56)51-26-11-7-10-17-39(55-64(60,61)33-35-13-8-6-9-14-35)45(59)54-40(30-36-15-12-16-37(29-36)31-48)44(58)53-32-34-18-20-38(21-19-34)43(49)50/h6,8-9,12-16,18-21,29,39-40,55H,7,10-11,17,22-28,30-33,48H2,1-5H3,(H3,49,50)(H,51,56)(H,52,57)(H,53,58)(H,54,59)/t39-,40+/m1/s1. The molecule has 64 heavy (non-hydrogen) atoms. The van der Waals surface area contributed by atoms with Gasteiger partial charge in [-0.05, 0) is 75.6 Å². The number of nitrogens with one attached hydrogen (secondary N) is 6. The highest BCUT2D eigenvalue weighted by Crippen LogP contribution is 2.19. The first kappa shape index (κ1) is 53.1. The Bertz CT molecular complexity index is 2060. The van der Waals surface area contributed by atoms with Crippen molar-refractivity contribution in [3.8, 4) is 0 Å². The highest BCUT2D eigenvalue weighted by molar-refractivity contribution is 7.88. The van der Waals surface area contributed by atoms with Crippen molar-refractivity contribution < 1.29 is 37.1 Å². The van der Waals surface area contributed by atoms with Gasteiger partial charge in [0.15, 0.2) is 0 Å². The molecule has 0 aromatic heterocycles. The maximum Gasteiger partial charge on any atom is 0.243 e. The van der Waals surface area contributed by atoms with Gasteiger partial charge in [0.2, 0.25) is 33.7 Å². The number of unbranched alkanes of at least 4 members (excludes halogenated alkanes) is 2. The van der Waals surface area contributed by atoms with E-state index in [9.17, 15) is 27.6 Å². The number of rotatable bonds is 30. The molecular weight excluding hydrogens is 837 g/mol. The van der Waals surface area contributed by atoms with E-state index in [1.165, 1.54) is 0 Å². The molecule has 0 radical (unpaired) electrons. The second-order valence-electron chi connectivity index (χ2n) is 17.2. The first-order valence-electron chi connectivity index (χ1n) is 21.9. The molecule has 0 saturated carbocycles. The number of nitrogen functional groups attached to an aromatic ring is 1. The molecule has 0 aliphatic carbocycles. The Kier molecular flexibility index (Phi) is 22.0. The van der Waals surface area contributed by atoms with E-state index < -0.39 is 39.5 Å². The van der Waals surface area contributed by atoms with E-state index in [4.69, 9.17) is 26.4 Å². The molecule has 0 saturated heterocycles. The topological polar surface area (TPSA) is 257 Å². The van der Waals surface area contributed by atoms with E-state index in [1.54, 1.807) is 61.7 Å². The molecule has 4 amide bonds. The molecule has 16 nitrogen and oxygen atoms in total. The summed E-state index contributed by atoms with van der Waals surface area (Å²) in [6.07, 6.45) is 3.19. The second-order valence-corrected chi connectivity index (χ2v) is 18.9. The Labute approximate surface area is 379 Å². The van der Waals surface area contributed by atoms with Crippen LogP contribution in [-0.2, 0) is 63.9 Å². The number of amides is 4. The smallest absolute Gasteiger partial charge is 0.243 e. The van der Waals surface area contributed by atoms with Crippen LogP contribution in [0.5, 0.6) is 0 Å². The molecule has 3 aromatic carbocycles. The molecule has 0 aliphatic heterocycles. The van der Waals surface area contributed by atoms with Gasteiger partial charge in [0.1, 0.15) is 17.9 Å². The third-order valence-corrected chi connectivity index (χ3v) is 12.1. The van der Waals surface area contributed by atoms with Gasteiger partial charge in [-0.3, -0.25) is 24.6 Å². The molecule has 0 aliphatic rings. The van der Waals surface area contributed by atoms with Gasteiger partial charge in [0.25, 0.3) is 0 Å². The van der Waals surface area contributed by atoms with Crippen LogP contribution in [-0.4, -0.2) is 88.0 Å². The molecule has 0 fully saturated rings. The fraction of sp³-hybridized carbons (Fsp3) is 0.511. The molecule has 352 valence electrons. The van der Waals surface area contributed by atoms with Crippen molar-refractivity contribution in [2.24, 2.45) is 11.5 Å². The minimum atomic E-state index is -4.00. The summed E-state index contributed by atoms with van der Waals surface area (Å²) in [6, 6.07) is 20.5. The number of amidine groups is 1. The quantitative estimate of drug-likeness (QED) is 0.0273. The number of ether oxygens (including phenoxy) is 2. The molecule has 0 heterocycles. The molecule has 17 heteroatoms. The first-order chi connectivity index (χ1) is 30.3. The Morgan fingerprint density at radius 3 is 2.00 bits per heavy atom. The molecule has 3 aromatic rings. The molecule has 3 rings (SSSR count). The minimum Gasteiger partial charge on any atom is -0.384 e. The molecule has 0 unspecified atom stereocenters. The van der Waals surface area contributed by atoms with E-state index >= 15 is 0 Å². The SMILES string of the molecule is COC(C)(C)CCOC(C)(C)CCNC(=O)CCC(=O)NCCCCC[C@@H](NS(=O)(=O)Cc1ccccc1)C(=O)N[C@@H](Cc1cccc(CN)c1)C(=O)NCc1ccc(C(=N)N)cc1. The summed E-state index contributed by atoms with van der Waals surface area (Å²) < 4.78 is 40.9. The molecular formula is C47H70N8O8S. The lowest BCUT2D eigenvalue weighted by molar-refractivity contribution is -0.130. The van der Waals surface area contributed by atoms with Crippen LogP contribution in [0.3, 0.4) is 0 Å². The lowest BCUT2D eigenvalue weighted by Crippen LogP contribution is -2.54. The highest BCUT2D eigenvalue weighted by Gasteiger charge is 2.29. The van der Waals surface area contributed by atoms with Crippen molar-refractivity contribution >= 4 is 39.5 Å². The summed E-state index contributed by atoms with van der Waals surface area (Å²) in [4.78, 5) is 52.7. The van der Waals surface area contributed by atoms with Crippen LogP contribution in [0.1, 0.15) is 107 Å². The summed E-state index contributed by atoms with van der Waals surface area (Å²) in [6.45, 7) is 9.63. The number of carbonyl (C=O) groups excluding carboxylic acids is 4. The highest BCUT2D eigenvalue weighted by atomic mass is 32.2. The van der Waals surface area contributed by atoms with Crippen LogP contribution >= 0.6 is 0 Å². The largest absolute Gasteiger partial charge is 0.384 e. The average molecular weight is 907 g/mol. The fourth-order valence-corrected chi connectivity index (χ4v) is 7.92. The summed E-state index contributed by atoms with van der Waals surface area (Å²) in [5.74, 6) is -2.06. The number of hydrogen-bond donors (Lipinski definition) is 8. The maximum atomic E-state index is 14.0. The first-order valence-corrected chi connectivity index (χ1v) is 23.5. The van der Waals surface area contributed by atoms with Crippen molar-refractivity contribution in [1.82, 2.24) is 26.0 Å². The van der Waals surface area contributed by atoms with Crippen LogP contribution in [0.15, 0.2) is 78.9 Å². The number of nitrogens with two attached hydrogens (primary N) is 2. The summed E-state index contributed by atoms with van der Waals surface area (Å²) >= 11 is 0. The zero-order valence-electron chi connectivity index (χ0n) is 38.1. The van der Waals surface area contributed by atoms with Gasteiger partial charge < -0.3 is 42.2 Å². The Morgan fingerprint density at radius 2 is 1.36 bits per heavy atom. The van der Waals surface area contributed by atoms with Crippen molar-refractivity contribution in [2.75, 3.05) is 26.8 Å². The van der Waals surface area contributed by atoms with E-state index in [1.807, 2.05) is 52.0 Å². The van der Waals surface area contributed by atoms with Gasteiger partial charge in [-0.1, -0.05) is 91.7 Å². The number of benzene rings is 3. The van der Waals surface area contributed by atoms with E-state index in [-0.39, 0.29) is 67.8 Å². The third kappa shape index (κ3) is 21.0. The monoisotopic (exact) mass is 907 g/mol. The summed E-state index contributed by atoms with van der Waals surface area (Å²) in [7, 11) is -2.33. The fourth-order valence-electron chi connectivity index (χ4n) is 6.54. The zero-order chi connectivity index (χ0) is 47.2. The summed E-state index contributed by atoms with van der Waals surface area (Å²) in [5, 5.41) is 19.0. The van der Waals surface area contributed by atoms with Crippen molar-refractivity contribution in [2.45, 2.75) is 128 Å². The normalized spacial score (nSPS) is 12.8. The van der Waals surface area contributed by atoms with E-state index in [0.29, 0.717) is 56.5 Å². The Morgan fingerprint density at radius 1 is 0.719 bits per heavy atom. The van der Waals surface area contributed by atoms with Gasteiger partial charge >= 0.3 is 0 Å². The van der Waals surface area contributed by atoms with Gasteiger partial charge in [-0.25, -0.2) is 13.1 Å². The van der Waals surface area contributed by atoms with Gasteiger partial charge in [0.05, 0.1) is 23.6 Å². The lowest BCUT2D eigenvalue weighted by atomic mass is 10.0. The maximum absolute atomic E-state index is 14.0. The average Bonchev–Trinajstić information content (AvgIpc) is 3.25. The Balaban J connectivity index is 1.57. The summed E-state index contributed by atoms with van der Waals surface area (Å²) in [5.41, 5.74) is 14.2. The van der Waals surface area contributed by atoms with Crippen LogP contribution < -0.4 is 37.5 Å². The molecule has 10 N–H and O–H groups in total. The second kappa shape index (κ2) is 26.6. The lowest BCUT2D eigenvalue weighted by Gasteiger charge is -2.29. The Hall–Kier alpha value is -5.20. The zero-order valence-corrected chi connectivity index (χ0v) is 38.9. The van der Waals surface area contributed by atoms with Crippen molar-refractivity contribution in [1.29, 1.82) is 5.41 Å². The molecule has 2 atom stereocenters. The van der Waals surface area contributed by atoms with Gasteiger partial charge in [0, 0.05) is 58.1 Å². The third-order valence-electron chi connectivity index (χ3n) is 10.7. The minimum absolute atomic E-state index is 0.0284. The van der Waals surface area contributed by atoms with E-state index in [2.05, 4.69) is 26.0 Å². The van der Waals surface area contributed by atoms with Crippen molar-refractivity contribution in [3.05, 3.63) is 107 Å². The van der Waals surface area contributed by atoms with Crippen molar-refractivity contribution in [3.63, 3.8) is 0 Å². The van der Waals surface area contributed by atoms with E-state index in [0.717, 1.165) is 23.1 Å².